The summed E-state index contributed by atoms with van der Waals surface area (Å²) in [6.07, 6.45) is 0. The normalized spacial score (nSPS) is 18.1. The van der Waals surface area contributed by atoms with E-state index in [2.05, 4.69) is 0 Å². The molecule has 1 saturated heterocycles. The number of carbonyl (C=O) groups excluding carboxylic acids is 4. The lowest BCUT2D eigenvalue weighted by Crippen LogP contribution is -2.59. The molecule has 1 rings (SSSR count). The molecule has 1 fully saturated rings. The second-order valence-electron chi connectivity index (χ2n) is 3.79. The fourth-order valence-corrected chi connectivity index (χ4v) is 1.25. The number of imide groups is 2. The maximum absolute atomic E-state index is 11.5. The lowest BCUT2D eigenvalue weighted by atomic mass is 10.1. The third kappa shape index (κ3) is 1.88. The monoisotopic (exact) mass is 212 g/mol. The van der Waals surface area contributed by atoms with Crippen LogP contribution in [-0.2, 0) is 14.4 Å². The summed E-state index contributed by atoms with van der Waals surface area (Å²) >= 11 is 0. The predicted octanol–water partition coefficient (Wildman–Crippen LogP) is -0.368. The van der Waals surface area contributed by atoms with Crippen molar-refractivity contribution in [3.05, 3.63) is 0 Å². The summed E-state index contributed by atoms with van der Waals surface area (Å²) in [5.41, 5.74) is 0. The third-order valence-corrected chi connectivity index (χ3v) is 2.00. The van der Waals surface area contributed by atoms with E-state index < -0.39 is 23.6 Å². The van der Waals surface area contributed by atoms with Crippen LogP contribution >= 0.6 is 0 Å². The van der Waals surface area contributed by atoms with E-state index in [1.165, 1.54) is 7.05 Å². The molecule has 1 heterocycles. The lowest BCUT2D eigenvalue weighted by Gasteiger charge is -2.29. The number of amides is 4. The van der Waals surface area contributed by atoms with E-state index in [4.69, 9.17) is 0 Å². The summed E-state index contributed by atoms with van der Waals surface area (Å²) in [5.74, 6) is -3.20. The average Bonchev–Trinajstić information content (AvgIpc) is 2.18. The zero-order chi connectivity index (χ0) is 11.7. The highest BCUT2D eigenvalue weighted by atomic mass is 16.2. The van der Waals surface area contributed by atoms with Gasteiger partial charge in [0.15, 0.2) is 0 Å². The van der Waals surface area contributed by atoms with Gasteiger partial charge in [-0.1, -0.05) is 13.8 Å². The minimum Gasteiger partial charge on any atom is -0.277 e. The topological polar surface area (TPSA) is 74.8 Å². The van der Waals surface area contributed by atoms with Crippen molar-refractivity contribution in [2.45, 2.75) is 13.8 Å². The van der Waals surface area contributed by atoms with Crippen LogP contribution in [0.5, 0.6) is 0 Å². The van der Waals surface area contributed by atoms with Crippen LogP contribution in [0.4, 0.5) is 4.79 Å². The SMILES string of the molecule is CC(C)CN1C(=O)C(=O)C(=O)N(C)C1=O. The van der Waals surface area contributed by atoms with E-state index in [9.17, 15) is 19.2 Å². The first kappa shape index (κ1) is 11.4. The van der Waals surface area contributed by atoms with Crippen LogP contribution in [-0.4, -0.2) is 47.0 Å². The Labute approximate surface area is 86.8 Å². The van der Waals surface area contributed by atoms with Crippen molar-refractivity contribution in [3.8, 4) is 0 Å². The number of Topliss-reactive ketones (excluding diaryl/α,β-unsaturated/α-hetero) is 1. The van der Waals surface area contributed by atoms with Crippen LogP contribution in [0.1, 0.15) is 13.8 Å². The van der Waals surface area contributed by atoms with E-state index in [0.717, 1.165) is 4.90 Å². The molecule has 1 aliphatic heterocycles. The van der Waals surface area contributed by atoms with Crippen molar-refractivity contribution in [3.63, 3.8) is 0 Å². The molecule has 0 atom stereocenters. The molecule has 0 aromatic carbocycles. The summed E-state index contributed by atoms with van der Waals surface area (Å²) in [6.45, 7) is 3.75. The van der Waals surface area contributed by atoms with Crippen molar-refractivity contribution in [1.82, 2.24) is 9.80 Å². The Kier molecular flexibility index (Phi) is 2.88. The molecule has 0 aliphatic carbocycles. The maximum atomic E-state index is 11.5. The molecule has 0 unspecified atom stereocenters. The molecule has 82 valence electrons. The first-order valence-corrected chi connectivity index (χ1v) is 4.54. The van der Waals surface area contributed by atoms with Crippen molar-refractivity contribution < 1.29 is 19.2 Å². The highest BCUT2D eigenvalue weighted by Gasteiger charge is 2.43. The molecule has 4 amide bonds. The molecule has 6 nitrogen and oxygen atoms in total. The third-order valence-electron chi connectivity index (χ3n) is 2.00. The van der Waals surface area contributed by atoms with Gasteiger partial charge in [0.25, 0.3) is 0 Å². The highest BCUT2D eigenvalue weighted by Crippen LogP contribution is 2.10. The fraction of sp³-hybridized carbons (Fsp3) is 0.556. The van der Waals surface area contributed by atoms with E-state index >= 15 is 0 Å². The number of likely N-dealkylation sites (N-methyl/N-ethyl adjacent to an activating group) is 1. The van der Waals surface area contributed by atoms with Gasteiger partial charge >= 0.3 is 23.6 Å². The second kappa shape index (κ2) is 3.80. The number of hydrogen-bond acceptors (Lipinski definition) is 4. The molecular weight excluding hydrogens is 200 g/mol. The van der Waals surface area contributed by atoms with E-state index in [1.54, 1.807) is 0 Å². The van der Waals surface area contributed by atoms with Gasteiger partial charge in [0, 0.05) is 13.6 Å². The number of barbiturate groups is 1. The van der Waals surface area contributed by atoms with Crippen LogP contribution in [0.2, 0.25) is 0 Å². The predicted molar refractivity (Wildman–Crippen MR) is 49.7 cm³/mol. The zero-order valence-electron chi connectivity index (χ0n) is 8.81. The molecule has 0 spiro atoms. The number of nitrogens with zero attached hydrogens (tertiary/aromatic N) is 2. The lowest BCUT2D eigenvalue weighted by molar-refractivity contribution is -0.154. The number of rotatable bonds is 2. The molecule has 15 heavy (non-hydrogen) atoms. The van der Waals surface area contributed by atoms with E-state index in [0.29, 0.717) is 4.90 Å². The molecule has 0 aromatic heterocycles. The Morgan fingerprint density at radius 1 is 1.07 bits per heavy atom. The fourth-order valence-electron chi connectivity index (χ4n) is 1.25. The molecule has 0 saturated carbocycles. The Bertz CT molecular complexity index is 348. The molecule has 1 aliphatic rings. The smallest absolute Gasteiger partial charge is 0.277 e. The average molecular weight is 212 g/mol. The van der Waals surface area contributed by atoms with Gasteiger partial charge in [-0.25, -0.2) is 4.79 Å². The Hall–Kier alpha value is -1.72. The summed E-state index contributed by atoms with van der Waals surface area (Å²) in [4.78, 5) is 46.5. The molecule has 0 bridgehead atoms. The van der Waals surface area contributed by atoms with Crippen LogP contribution in [0.15, 0.2) is 0 Å². The van der Waals surface area contributed by atoms with Crippen molar-refractivity contribution in [1.29, 1.82) is 0 Å². The summed E-state index contributed by atoms with van der Waals surface area (Å²) in [6, 6.07) is -0.738. The number of hydrogen-bond donors (Lipinski definition) is 0. The number of ketones is 1. The largest absolute Gasteiger partial charge is 0.333 e. The quantitative estimate of drug-likeness (QED) is 0.585. The van der Waals surface area contributed by atoms with Crippen LogP contribution in [0.25, 0.3) is 0 Å². The molecular formula is C9H12N2O4. The zero-order valence-corrected chi connectivity index (χ0v) is 8.81. The standard InChI is InChI=1S/C9H12N2O4/c1-5(2)4-11-8(14)6(12)7(13)10(3)9(11)15/h5H,4H2,1-3H3. The van der Waals surface area contributed by atoms with Gasteiger partial charge in [0.1, 0.15) is 0 Å². The molecule has 6 heteroatoms. The Morgan fingerprint density at radius 3 is 2.07 bits per heavy atom. The maximum Gasteiger partial charge on any atom is 0.333 e. The van der Waals surface area contributed by atoms with Crippen LogP contribution in [0.3, 0.4) is 0 Å². The molecule has 0 radical (unpaired) electrons. The van der Waals surface area contributed by atoms with Crippen LogP contribution in [0, 0.1) is 5.92 Å². The van der Waals surface area contributed by atoms with Crippen molar-refractivity contribution >= 4 is 23.6 Å². The van der Waals surface area contributed by atoms with Gasteiger partial charge in [0.05, 0.1) is 0 Å². The van der Waals surface area contributed by atoms with Gasteiger partial charge in [-0.3, -0.25) is 24.2 Å². The summed E-state index contributed by atoms with van der Waals surface area (Å²) < 4.78 is 0. The van der Waals surface area contributed by atoms with Gasteiger partial charge in [-0.15, -0.1) is 0 Å². The van der Waals surface area contributed by atoms with E-state index in [-0.39, 0.29) is 12.5 Å². The van der Waals surface area contributed by atoms with Gasteiger partial charge < -0.3 is 0 Å². The number of urea groups is 1. The first-order chi connectivity index (χ1) is 6.86. The van der Waals surface area contributed by atoms with Gasteiger partial charge in [-0.2, -0.15) is 0 Å². The summed E-state index contributed by atoms with van der Waals surface area (Å²) in [5, 5.41) is 0. The highest BCUT2D eigenvalue weighted by molar-refractivity contribution is 6.66. The Balaban J connectivity index is 2.97. The van der Waals surface area contributed by atoms with E-state index in [1.807, 2.05) is 13.8 Å². The molecule has 0 aromatic rings. The summed E-state index contributed by atoms with van der Waals surface area (Å²) in [7, 11) is 1.18. The Morgan fingerprint density at radius 2 is 1.60 bits per heavy atom. The minimum atomic E-state index is -1.15. The van der Waals surface area contributed by atoms with Crippen LogP contribution < -0.4 is 0 Å². The molecule has 0 N–H and O–H groups in total. The van der Waals surface area contributed by atoms with Gasteiger partial charge in [-0.05, 0) is 5.92 Å². The number of carbonyl (C=O) groups is 4. The second-order valence-corrected chi connectivity index (χ2v) is 3.79. The minimum absolute atomic E-state index is 0.0484. The first-order valence-electron chi connectivity index (χ1n) is 4.54. The van der Waals surface area contributed by atoms with Crippen molar-refractivity contribution in [2.24, 2.45) is 5.92 Å². The van der Waals surface area contributed by atoms with Gasteiger partial charge in [0.2, 0.25) is 0 Å². The van der Waals surface area contributed by atoms with Crippen molar-refractivity contribution in [2.75, 3.05) is 13.6 Å².